The van der Waals surface area contributed by atoms with Crippen LogP contribution < -0.4 is 27.0 Å². The molecule has 4 amide bonds. The molecular formula is C24H33N5O9. The molecule has 14 heteroatoms. The molecule has 1 aromatic carbocycles. The molecular weight excluding hydrogens is 502 g/mol. The van der Waals surface area contributed by atoms with Gasteiger partial charge in [-0.15, -0.1) is 0 Å². The van der Waals surface area contributed by atoms with Crippen LogP contribution in [0.5, 0.6) is 5.75 Å². The maximum absolute atomic E-state index is 13.3. The lowest BCUT2D eigenvalue weighted by molar-refractivity contribution is -0.143. The van der Waals surface area contributed by atoms with E-state index in [-0.39, 0.29) is 31.4 Å². The standard InChI is InChI=1S/C24H33N5O9/c25-19(31)9-7-17(24(37)38)28-22(35)16(8-10-20(32)33)27-23(36)18(12-13-3-5-14(30)6-4-13)29-21(34)15-2-1-11-26-15/h3-6,15-18,26,30H,1-2,7-12H2,(H2,25,31)(H,27,36)(H,28,35)(H,29,34)(H,32,33)(H,37,38). The molecule has 1 aliphatic rings. The number of carboxylic acid groups (broad SMARTS) is 2. The van der Waals surface area contributed by atoms with Crippen molar-refractivity contribution in [1.29, 1.82) is 0 Å². The van der Waals surface area contributed by atoms with Crippen molar-refractivity contribution < 1.29 is 44.1 Å². The summed E-state index contributed by atoms with van der Waals surface area (Å²) >= 11 is 0. The summed E-state index contributed by atoms with van der Waals surface area (Å²) in [6.07, 6.45) is -0.148. The molecule has 0 saturated carbocycles. The first-order chi connectivity index (χ1) is 18.0. The second kappa shape index (κ2) is 14.5. The summed E-state index contributed by atoms with van der Waals surface area (Å²) in [4.78, 5) is 72.6. The minimum Gasteiger partial charge on any atom is -0.508 e. The molecule has 1 aliphatic heterocycles. The van der Waals surface area contributed by atoms with Crippen molar-refractivity contribution in [3.8, 4) is 5.75 Å². The lowest BCUT2D eigenvalue weighted by Crippen LogP contribution is -2.57. The highest BCUT2D eigenvalue weighted by Crippen LogP contribution is 2.13. The second-order valence-corrected chi connectivity index (χ2v) is 8.98. The number of aliphatic carboxylic acids is 2. The fourth-order valence-electron chi connectivity index (χ4n) is 3.88. The molecule has 0 bridgehead atoms. The summed E-state index contributed by atoms with van der Waals surface area (Å²) in [6, 6.07) is 1.31. The Morgan fingerprint density at radius 3 is 2.05 bits per heavy atom. The average molecular weight is 536 g/mol. The molecule has 0 aliphatic carbocycles. The number of nitrogens with one attached hydrogen (secondary N) is 4. The van der Waals surface area contributed by atoms with Gasteiger partial charge in [-0.2, -0.15) is 0 Å². The first-order valence-electron chi connectivity index (χ1n) is 12.1. The molecule has 2 rings (SSSR count). The molecule has 38 heavy (non-hydrogen) atoms. The number of carboxylic acids is 2. The molecule has 4 unspecified atom stereocenters. The van der Waals surface area contributed by atoms with Crippen LogP contribution in [0.3, 0.4) is 0 Å². The van der Waals surface area contributed by atoms with Gasteiger partial charge < -0.3 is 42.3 Å². The van der Waals surface area contributed by atoms with Crippen LogP contribution in [-0.2, 0) is 35.2 Å². The van der Waals surface area contributed by atoms with Crippen molar-refractivity contribution in [3.05, 3.63) is 29.8 Å². The van der Waals surface area contributed by atoms with E-state index in [0.717, 1.165) is 6.42 Å². The zero-order valence-electron chi connectivity index (χ0n) is 20.6. The molecule has 1 fully saturated rings. The molecule has 4 atom stereocenters. The maximum atomic E-state index is 13.3. The van der Waals surface area contributed by atoms with Crippen molar-refractivity contribution in [2.45, 2.75) is 69.1 Å². The Morgan fingerprint density at radius 1 is 0.895 bits per heavy atom. The van der Waals surface area contributed by atoms with Crippen LogP contribution >= 0.6 is 0 Å². The fourth-order valence-corrected chi connectivity index (χ4v) is 3.88. The van der Waals surface area contributed by atoms with Gasteiger partial charge >= 0.3 is 11.9 Å². The number of aromatic hydroxyl groups is 1. The molecule has 1 heterocycles. The first kappa shape index (κ1) is 30.0. The van der Waals surface area contributed by atoms with Gasteiger partial charge in [0.1, 0.15) is 23.9 Å². The number of benzene rings is 1. The van der Waals surface area contributed by atoms with Crippen molar-refractivity contribution in [2.75, 3.05) is 6.54 Å². The number of carbonyl (C=O) groups excluding carboxylic acids is 4. The summed E-state index contributed by atoms with van der Waals surface area (Å²) in [7, 11) is 0. The van der Waals surface area contributed by atoms with E-state index >= 15 is 0 Å². The third kappa shape index (κ3) is 10.0. The van der Waals surface area contributed by atoms with Crippen molar-refractivity contribution in [1.82, 2.24) is 21.3 Å². The number of primary amides is 1. The Bertz CT molecular complexity index is 1020. The molecule has 0 aromatic heterocycles. The van der Waals surface area contributed by atoms with Crippen LogP contribution in [0.4, 0.5) is 0 Å². The highest BCUT2D eigenvalue weighted by atomic mass is 16.4. The number of nitrogens with two attached hydrogens (primary N) is 1. The predicted octanol–water partition coefficient (Wildman–Crippen LogP) is -1.64. The number of rotatable bonds is 15. The normalized spacial score (nSPS) is 17.0. The smallest absolute Gasteiger partial charge is 0.326 e. The quantitative estimate of drug-likeness (QED) is 0.127. The van der Waals surface area contributed by atoms with Gasteiger partial charge in [-0.05, 0) is 49.9 Å². The van der Waals surface area contributed by atoms with Crippen molar-refractivity contribution in [2.24, 2.45) is 5.73 Å². The van der Waals surface area contributed by atoms with Gasteiger partial charge in [0.2, 0.25) is 23.6 Å². The van der Waals surface area contributed by atoms with E-state index in [1.807, 2.05) is 0 Å². The largest absolute Gasteiger partial charge is 0.508 e. The molecule has 208 valence electrons. The number of amides is 4. The molecule has 9 N–H and O–H groups in total. The summed E-state index contributed by atoms with van der Waals surface area (Å²) in [6.45, 7) is 0.644. The first-order valence-corrected chi connectivity index (χ1v) is 12.1. The third-order valence-corrected chi connectivity index (χ3v) is 5.96. The van der Waals surface area contributed by atoms with E-state index in [0.29, 0.717) is 18.5 Å². The number of hydrogen-bond acceptors (Lipinski definition) is 8. The van der Waals surface area contributed by atoms with Crippen LogP contribution in [0, 0.1) is 0 Å². The van der Waals surface area contributed by atoms with Crippen molar-refractivity contribution >= 4 is 35.6 Å². The van der Waals surface area contributed by atoms with E-state index in [9.17, 15) is 39.0 Å². The Balaban J connectivity index is 2.21. The monoisotopic (exact) mass is 535 g/mol. The van der Waals surface area contributed by atoms with Crippen LogP contribution in [0.1, 0.15) is 44.1 Å². The average Bonchev–Trinajstić information content (AvgIpc) is 3.39. The molecule has 0 radical (unpaired) electrons. The van der Waals surface area contributed by atoms with Gasteiger partial charge in [-0.1, -0.05) is 12.1 Å². The van der Waals surface area contributed by atoms with Crippen LogP contribution in [0.25, 0.3) is 0 Å². The van der Waals surface area contributed by atoms with E-state index in [1.165, 1.54) is 12.1 Å². The maximum Gasteiger partial charge on any atom is 0.326 e. The van der Waals surface area contributed by atoms with Gasteiger partial charge in [0.15, 0.2) is 0 Å². The Kier molecular flexibility index (Phi) is 11.5. The molecule has 1 aromatic rings. The highest BCUT2D eigenvalue weighted by Gasteiger charge is 2.32. The zero-order valence-corrected chi connectivity index (χ0v) is 20.6. The van der Waals surface area contributed by atoms with Crippen LogP contribution in [-0.4, -0.2) is 81.6 Å². The van der Waals surface area contributed by atoms with Crippen LogP contribution in [0.15, 0.2) is 24.3 Å². The van der Waals surface area contributed by atoms with E-state index in [2.05, 4.69) is 21.3 Å². The van der Waals surface area contributed by atoms with Gasteiger partial charge in [0, 0.05) is 19.3 Å². The van der Waals surface area contributed by atoms with Gasteiger partial charge in [-0.3, -0.25) is 24.0 Å². The summed E-state index contributed by atoms with van der Waals surface area (Å²) < 4.78 is 0. The van der Waals surface area contributed by atoms with Gasteiger partial charge in [0.05, 0.1) is 6.04 Å². The minimum atomic E-state index is -1.50. The van der Waals surface area contributed by atoms with Gasteiger partial charge in [0.25, 0.3) is 0 Å². The summed E-state index contributed by atoms with van der Waals surface area (Å²) in [5.74, 6) is -5.64. The van der Waals surface area contributed by atoms with Gasteiger partial charge in [-0.25, -0.2) is 4.79 Å². The van der Waals surface area contributed by atoms with E-state index in [1.54, 1.807) is 12.1 Å². The Hall–Kier alpha value is -4.20. The number of carbonyl (C=O) groups is 6. The number of hydrogen-bond donors (Lipinski definition) is 8. The lowest BCUT2D eigenvalue weighted by Gasteiger charge is -2.25. The fraction of sp³-hybridized carbons (Fsp3) is 0.500. The zero-order chi connectivity index (χ0) is 28.2. The second-order valence-electron chi connectivity index (χ2n) is 8.98. The van der Waals surface area contributed by atoms with Crippen LogP contribution in [0.2, 0.25) is 0 Å². The predicted molar refractivity (Wildman–Crippen MR) is 132 cm³/mol. The highest BCUT2D eigenvalue weighted by molar-refractivity contribution is 5.94. The number of phenolic OH excluding ortho intramolecular Hbond substituents is 1. The Labute approximate surface area is 218 Å². The molecule has 14 nitrogen and oxygen atoms in total. The number of phenols is 1. The minimum absolute atomic E-state index is 0.00340. The topological polar surface area (TPSA) is 237 Å². The SMILES string of the molecule is NC(=O)CCC(NC(=O)C(CCC(=O)O)NC(=O)C(Cc1ccc(O)cc1)NC(=O)C1CCCN1)C(=O)O. The summed E-state index contributed by atoms with van der Waals surface area (Å²) in [5.41, 5.74) is 5.64. The third-order valence-electron chi connectivity index (χ3n) is 5.96. The summed E-state index contributed by atoms with van der Waals surface area (Å²) in [5, 5.41) is 38.3. The molecule has 1 saturated heterocycles. The lowest BCUT2D eigenvalue weighted by atomic mass is 10.0. The Morgan fingerprint density at radius 2 is 1.50 bits per heavy atom. The van der Waals surface area contributed by atoms with E-state index in [4.69, 9.17) is 10.8 Å². The van der Waals surface area contributed by atoms with Crippen molar-refractivity contribution in [3.63, 3.8) is 0 Å². The van der Waals surface area contributed by atoms with E-state index < -0.39 is 66.2 Å². The molecule has 0 spiro atoms.